The second kappa shape index (κ2) is 12.2. The van der Waals surface area contributed by atoms with Crippen LogP contribution >= 0.6 is 35.1 Å². The van der Waals surface area contributed by atoms with E-state index in [-0.39, 0.29) is 27.4 Å². The minimum Gasteiger partial charge on any atom is -0.496 e. The number of ether oxygens (including phenoxy) is 1. The Kier molecular flexibility index (Phi) is 8.73. The van der Waals surface area contributed by atoms with Crippen LogP contribution in [0.3, 0.4) is 0 Å². The van der Waals surface area contributed by atoms with Crippen LogP contribution in [0.5, 0.6) is 5.75 Å². The molecule has 0 aliphatic heterocycles. The Balaban J connectivity index is 1.68. The van der Waals surface area contributed by atoms with Crippen molar-refractivity contribution in [1.82, 2.24) is 4.98 Å². The lowest BCUT2D eigenvalue weighted by Gasteiger charge is -2.28. The fraction of sp³-hybridized carbons (Fsp3) is 0.156. The molecule has 12 heteroatoms. The van der Waals surface area contributed by atoms with Crippen LogP contribution in [0.2, 0.25) is 5.02 Å². The Morgan fingerprint density at radius 3 is 2.45 bits per heavy atom. The number of hydrogen-bond donors (Lipinski definition) is 2. The van der Waals surface area contributed by atoms with Crippen LogP contribution in [0.1, 0.15) is 23.6 Å². The first-order valence-electron chi connectivity index (χ1n) is 13.0. The van der Waals surface area contributed by atoms with E-state index in [9.17, 15) is 28.3 Å². The zero-order valence-electron chi connectivity index (χ0n) is 23.2. The van der Waals surface area contributed by atoms with Gasteiger partial charge in [-0.05, 0) is 43.3 Å². The quantitative estimate of drug-likeness (QED) is 0.0972. The van der Waals surface area contributed by atoms with Gasteiger partial charge in [0.15, 0.2) is 0 Å². The van der Waals surface area contributed by atoms with Gasteiger partial charge in [-0.2, -0.15) is 18.4 Å². The molecule has 3 N–H and O–H groups in total. The number of hydrogen-bond acceptors (Lipinski definition) is 7. The van der Waals surface area contributed by atoms with Crippen molar-refractivity contribution in [2.24, 2.45) is 5.73 Å². The molecule has 5 rings (SSSR count). The third kappa shape index (κ3) is 6.30. The van der Waals surface area contributed by atoms with Gasteiger partial charge in [0.05, 0.1) is 39.9 Å². The van der Waals surface area contributed by atoms with Crippen molar-refractivity contribution in [2.75, 3.05) is 12.9 Å². The molecule has 0 radical (unpaired) electrons. The Morgan fingerprint density at radius 2 is 1.77 bits per heavy atom. The second-order valence-electron chi connectivity index (χ2n) is 9.94. The number of methoxy groups -OCH3 is 1. The number of nitriles is 1. The smallest absolute Gasteiger partial charge is 0.416 e. The molecule has 1 unspecified atom stereocenters. The highest BCUT2D eigenvalue weighted by Gasteiger charge is 2.31. The molecule has 0 saturated heterocycles. The summed E-state index contributed by atoms with van der Waals surface area (Å²) in [5.74, 6) is -0.665. The highest BCUT2D eigenvalue weighted by atomic mass is 35.5. The summed E-state index contributed by atoms with van der Waals surface area (Å²) >= 11 is 9.10. The van der Waals surface area contributed by atoms with E-state index in [0.717, 1.165) is 23.9 Å². The minimum absolute atomic E-state index is 0.0967. The third-order valence-corrected chi connectivity index (χ3v) is 9.54. The van der Waals surface area contributed by atoms with Crippen molar-refractivity contribution in [2.45, 2.75) is 27.8 Å². The number of nitrogens with two attached hydrogens (primary N) is 1. The van der Waals surface area contributed by atoms with Gasteiger partial charge in [0.2, 0.25) is 0 Å². The van der Waals surface area contributed by atoms with Crippen molar-refractivity contribution in [3.8, 4) is 22.9 Å². The number of carboxylic acid groups (broad SMARTS) is 1. The summed E-state index contributed by atoms with van der Waals surface area (Å²) in [6, 6.07) is 21.2. The average Bonchev–Trinajstić information content (AvgIpc) is 2.98. The van der Waals surface area contributed by atoms with Crippen LogP contribution in [0.15, 0.2) is 82.6 Å². The molecule has 44 heavy (non-hydrogen) atoms. The van der Waals surface area contributed by atoms with E-state index >= 15 is 0 Å². The maximum Gasteiger partial charge on any atom is 0.416 e. The molecule has 0 spiro atoms. The predicted molar refractivity (Wildman–Crippen MR) is 168 cm³/mol. The number of aromatic nitrogens is 1. The van der Waals surface area contributed by atoms with Crippen LogP contribution in [0.4, 0.5) is 13.2 Å². The van der Waals surface area contributed by atoms with Crippen LogP contribution in [-0.4, -0.2) is 28.9 Å². The Labute approximate surface area is 264 Å². The molecule has 1 aromatic heterocycles. The largest absolute Gasteiger partial charge is 0.496 e. The normalized spacial score (nSPS) is 13.0. The molecule has 1 atom stereocenters. The first kappa shape index (κ1) is 31.5. The standard InChI is InChI=1S/C32H23ClF3N3O3S2/c1-31(38,23-5-3-4-6-26(23)42-2)44-28-13-21(24(33)14-27(28)43-16-29(40)41)20-10-8-18-11-17-7-9-19(32(34,35)36)12-25(17)39-30(18)22(20)15-37/h3-14H,16,38H2,1-2H3,(H,40,41). The Morgan fingerprint density at radius 1 is 1.05 bits per heavy atom. The number of pyridine rings is 1. The predicted octanol–water partition coefficient (Wildman–Crippen LogP) is 8.71. The molecule has 4 aromatic carbocycles. The van der Waals surface area contributed by atoms with E-state index < -0.39 is 22.6 Å². The lowest BCUT2D eigenvalue weighted by Crippen LogP contribution is -2.29. The highest BCUT2D eigenvalue weighted by Crippen LogP contribution is 2.47. The summed E-state index contributed by atoms with van der Waals surface area (Å²) in [5, 5.41) is 20.9. The van der Waals surface area contributed by atoms with Crippen molar-refractivity contribution in [1.29, 1.82) is 5.26 Å². The number of aliphatic carboxylic acids is 1. The fourth-order valence-corrected chi connectivity index (χ4v) is 7.21. The Bertz CT molecular complexity index is 1980. The highest BCUT2D eigenvalue weighted by molar-refractivity contribution is 8.03. The molecule has 0 fully saturated rings. The monoisotopic (exact) mass is 653 g/mol. The number of alkyl halides is 3. The molecule has 0 aliphatic rings. The van der Waals surface area contributed by atoms with Gasteiger partial charge in [0.25, 0.3) is 0 Å². The fourth-order valence-electron chi connectivity index (χ4n) is 4.82. The van der Waals surface area contributed by atoms with E-state index in [0.29, 0.717) is 43.0 Å². The van der Waals surface area contributed by atoms with E-state index in [1.807, 2.05) is 18.2 Å². The van der Waals surface area contributed by atoms with Crippen molar-refractivity contribution in [3.63, 3.8) is 0 Å². The van der Waals surface area contributed by atoms with Crippen LogP contribution in [0, 0.1) is 11.3 Å². The van der Waals surface area contributed by atoms with Gasteiger partial charge in [-0.25, -0.2) is 4.98 Å². The SMILES string of the molecule is COc1ccccc1C(C)(N)Sc1cc(-c2ccc3cc4ccc(C(F)(F)F)cc4nc3c2C#N)c(Cl)cc1SCC(=O)O. The van der Waals surface area contributed by atoms with Crippen molar-refractivity contribution >= 4 is 62.9 Å². The molecular formula is C32H23ClF3N3O3S2. The van der Waals surface area contributed by atoms with Crippen LogP contribution in [0.25, 0.3) is 32.9 Å². The summed E-state index contributed by atoms with van der Waals surface area (Å²) < 4.78 is 45.7. The van der Waals surface area contributed by atoms with Crippen molar-refractivity contribution < 1.29 is 27.8 Å². The van der Waals surface area contributed by atoms with Gasteiger partial charge in [0.1, 0.15) is 11.8 Å². The zero-order valence-corrected chi connectivity index (χ0v) is 25.6. The first-order chi connectivity index (χ1) is 20.8. The van der Waals surface area contributed by atoms with Gasteiger partial charge in [-0.15, -0.1) is 11.8 Å². The topological polar surface area (TPSA) is 109 Å². The second-order valence-corrected chi connectivity index (χ2v) is 12.9. The van der Waals surface area contributed by atoms with Crippen LogP contribution in [-0.2, 0) is 15.8 Å². The molecule has 0 saturated carbocycles. The average molecular weight is 654 g/mol. The third-order valence-electron chi connectivity index (χ3n) is 6.86. The molecule has 0 bridgehead atoms. The lowest BCUT2D eigenvalue weighted by atomic mass is 9.96. The minimum atomic E-state index is -4.55. The number of rotatable bonds is 8. The van der Waals surface area contributed by atoms with Gasteiger partial charge >= 0.3 is 12.1 Å². The maximum absolute atomic E-state index is 13.4. The van der Waals surface area contributed by atoms with Gasteiger partial charge in [-0.1, -0.05) is 59.8 Å². The Hall–Kier alpha value is -3.95. The molecule has 1 heterocycles. The molecular weight excluding hydrogens is 631 g/mol. The van der Waals surface area contributed by atoms with E-state index in [4.69, 9.17) is 22.1 Å². The number of carbonyl (C=O) groups is 1. The number of benzene rings is 4. The number of thioether (sulfide) groups is 2. The number of carboxylic acids is 1. The van der Waals surface area contributed by atoms with Crippen LogP contribution < -0.4 is 10.5 Å². The summed E-state index contributed by atoms with van der Waals surface area (Å²) in [7, 11) is 1.54. The van der Waals surface area contributed by atoms with Crippen molar-refractivity contribution in [3.05, 3.63) is 94.5 Å². The number of para-hydroxylation sites is 1. The summed E-state index contributed by atoms with van der Waals surface area (Å²) in [5.41, 5.74) is 7.99. The van der Waals surface area contributed by atoms with E-state index in [1.165, 1.54) is 17.8 Å². The van der Waals surface area contributed by atoms with E-state index in [2.05, 4.69) is 11.1 Å². The van der Waals surface area contributed by atoms with Gasteiger partial charge < -0.3 is 15.6 Å². The number of halogens is 4. The number of nitrogens with zero attached hydrogens (tertiary/aromatic N) is 2. The molecule has 224 valence electrons. The van der Waals surface area contributed by atoms with Gasteiger partial charge in [-0.3, -0.25) is 4.79 Å². The zero-order chi connectivity index (χ0) is 31.8. The summed E-state index contributed by atoms with van der Waals surface area (Å²) in [6.07, 6.45) is -4.55. The van der Waals surface area contributed by atoms with Gasteiger partial charge in [0, 0.05) is 42.3 Å². The summed E-state index contributed by atoms with van der Waals surface area (Å²) in [4.78, 5) is 16.0. The summed E-state index contributed by atoms with van der Waals surface area (Å²) in [6.45, 7) is 1.80. The maximum atomic E-state index is 13.4. The molecule has 0 aliphatic carbocycles. The van der Waals surface area contributed by atoms with E-state index in [1.54, 1.807) is 50.4 Å². The first-order valence-corrected chi connectivity index (χ1v) is 15.1. The number of fused-ring (bicyclic) bond motifs is 2. The lowest BCUT2D eigenvalue weighted by molar-refractivity contribution is -0.137. The molecule has 6 nitrogen and oxygen atoms in total. The molecule has 0 amide bonds. The molecule has 5 aromatic rings.